The Morgan fingerprint density at radius 2 is 2.12 bits per heavy atom. The van der Waals surface area contributed by atoms with Crippen LogP contribution in [0, 0.1) is 0 Å². The fraction of sp³-hybridized carbons (Fsp3) is 0.800. The number of carbonyl (C=O) groups is 1. The van der Waals surface area contributed by atoms with Crippen molar-refractivity contribution in [3.8, 4) is 0 Å². The Balaban J connectivity index is 3.64. The van der Waals surface area contributed by atoms with E-state index in [1.807, 2.05) is 0 Å². The normalized spacial score (nSPS) is 17.5. The Labute approximate surface area is 62.5 Å². The molecule has 0 aromatic heterocycles. The van der Waals surface area contributed by atoms with Crippen LogP contribution in [0.5, 0.6) is 0 Å². The van der Waals surface area contributed by atoms with Gasteiger partial charge in [-0.1, -0.05) is 15.9 Å². The minimum atomic E-state index is -0.191. The van der Waals surface area contributed by atoms with Crippen molar-refractivity contribution in [1.29, 1.82) is 0 Å². The molecule has 0 rings (SSSR count). The minimum Gasteiger partial charge on any atom is -0.299 e. The zero-order valence-corrected chi connectivity index (χ0v) is 7.16. The van der Waals surface area contributed by atoms with E-state index in [1.54, 1.807) is 6.92 Å². The van der Waals surface area contributed by atoms with Gasteiger partial charge in [-0.15, -0.1) is 11.6 Å². The van der Waals surface area contributed by atoms with Crippen LogP contribution in [0.3, 0.4) is 0 Å². The van der Waals surface area contributed by atoms with Crippen molar-refractivity contribution in [2.24, 2.45) is 0 Å². The summed E-state index contributed by atoms with van der Waals surface area (Å²) in [6.45, 7) is 3.29. The summed E-state index contributed by atoms with van der Waals surface area (Å²) >= 11 is 8.68. The van der Waals surface area contributed by atoms with Crippen molar-refractivity contribution in [1.82, 2.24) is 0 Å². The molecule has 0 fully saturated rings. The van der Waals surface area contributed by atoms with Crippen molar-refractivity contribution in [3.63, 3.8) is 0 Å². The largest absolute Gasteiger partial charge is 0.299 e. The van der Waals surface area contributed by atoms with Crippen LogP contribution >= 0.6 is 27.5 Å². The van der Waals surface area contributed by atoms with Crippen LogP contribution in [0.15, 0.2) is 0 Å². The van der Waals surface area contributed by atoms with E-state index in [2.05, 4.69) is 15.9 Å². The number of halogens is 2. The van der Waals surface area contributed by atoms with Crippen molar-refractivity contribution in [2.75, 3.05) is 0 Å². The van der Waals surface area contributed by atoms with Crippen LogP contribution in [-0.4, -0.2) is 16.0 Å². The maximum absolute atomic E-state index is 10.5. The lowest BCUT2D eigenvalue weighted by Gasteiger charge is -2.05. The van der Waals surface area contributed by atoms with E-state index in [1.165, 1.54) is 6.92 Å². The summed E-state index contributed by atoms with van der Waals surface area (Å²) in [5, 5.41) is -0.118. The van der Waals surface area contributed by atoms with Crippen molar-refractivity contribution >= 4 is 33.3 Å². The van der Waals surface area contributed by atoms with Gasteiger partial charge in [0.15, 0.2) is 0 Å². The summed E-state index contributed by atoms with van der Waals surface area (Å²) in [7, 11) is 0. The monoisotopic (exact) mass is 198 g/mol. The van der Waals surface area contributed by atoms with Crippen LogP contribution in [0.1, 0.15) is 13.8 Å². The van der Waals surface area contributed by atoms with E-state index in [9.17, 15) is 4.79 Å². The van der Waals surface area contributed by atoms with E-state index in [4.69, 9.17) is 11.6 Å². The van der Waals surface area contributed by atoms with Crippen molar-refractivity contribution < 1.29 is 4.79 Å². The number of rotatable bonds is 2. The number of Topliss-reactive ketones (excluding diaryl/α,β-unsaturated/α-hetero) is 1. The van der Waals surface area contributed by atoms with Gasteiger partial charge >= 0.3 is 0 Å². The Morgan fingerprint density at radius 3 is 2.12 bits per heavy atom. The van der Waals surface area contributed by atoms with Crippen LogP contribution in [0.2, 0.25) is 0 Å². The maximum Gasteiger partial charge on any atom is 0.144 e. The van der Waals surface area contributed by atoms with Gasteiger partial charge in [-0.2, -0.15) is 0 Å². The average molecular weight is 199 g/mol. The first-order valence-electron chi connectivity index (χ1n) is 2.34. The highest BCUT2D eigenvalue weighted by Crippen LogP contribution is 2.11. The minimum absolute atomic E-state index is 0.0764. The topological polar surface area (TPSA) is 17.1 Å². The molecule has 0 aliphatic rings. The van der Waals surface area contributed by atoms with Gasteiger partial charge in [0.25, 0.3) is 0 Å². The number of alkyl halides is 2. The van der Waals surface area contributed by atoms with E-state index >= 15 is 0 Å². The van der Waals surface area contributed by atoms with Gasteiger partial charge in [-0.3, -0.25) is 4.79 Å². The molecule has 0 aromatic rings. The number of hydrogen-bond donors (Lipinski definition) is 0. The maximum atomic E-state index is 10.5. The smallest absolute Gasteiger partial charge is 0.144 e. The van der Waals surface area contributed by atoms with Crippen LogP contribution in [0.4, 0.5) is 0 Å². The first-order chi connectivity index (χ1) is 3.55. The molecule has 48 valence electrons. The van der Waals surface area contributed by atoms with Gasteiger partial charge in [0.1, 0.15) is 5.78 Å². The molecule has 3 heteroatoms. The molecule has 0 radical (unpaired) electrons. The zero-order chi connectivity index (χ0) is 6.73. The molecule has 0 N–H and O–H groups in total. The van der Waals surface area contributed by atoms with E-state index in [0.717, 1.165) is 0 Å². The molecule has 0 saturated heterocycles. The lowest BCUT2D eigenvalue weighted by atomic mass is 10.2. The fourth-order valence-electron chi connectivity index (χ4n) is 0.323. The molecule has 0 aliphatic carbocycles. The molecule has 0 saturated carbocycles. The predicted molar refractivity (Wildman–Crippen MR) is 38.7 cm³/mol. The highest BCUT2D eigenvalue weighted by Gasteiger charge is 2.14. The molecular weight excluding hydrogens is 191 g/mol. The van der Waals surface area contributed by atoms with Crippen molar-refractivity contribution in [2.45, 2.75) is 24.1 Å². The Hall–Kier alpha value is 0.440. The summed E-state index contributed by atoms with van der Waals surface area (Å²) in [5.41, 5.74) is 0. The molecule has 0 bridgehead atoms. The second-order valence-electron chi connectivity index (χ2n) is 1.69. The third-order valence-corrected chi connectivity index (χ3v) is 2.79. The van der Waals surface area contributed by atoms with Gasteiger partial charge < -0.3 is 0 Å². The summed E-state index contributed by atoms with van der Waals surface area (Å²) in [6.07, 6.45) is 0. The van der Waals surface area contributed by atoms with E-state index in [-0.39, 0.29) is 16.0 Å². The molecule has 0 heterocycles. The number of hydrogen-bond acceptors (Lipinski definition) is 1. The predicted octanol–water partition coefficient (Wildman–Crippen LogP) is 1.97. The van der Waals surface area contributed by atoms with Gasteiger partial charge in [0, 0.05) is 0 Å². The van der Waals surface area contributed by atoms with E-state index in [0.29, 0.717) is 0 Å². The summed E-state index contributed by atoms with van der Waals surface area (Å²) in [6, 6.07) is 0. The standard InChI is InChI=1S/C5H8BrClO/c1-3(7)5(6)4(2)8/h3,5H,1-2H3/t3-,5-/m0/s1. The molecule has 0 aliphatic heterocycles. The second kappa shape index (κ2) is 3.46. The third-order valence-electron chi connectivity index (χ3n) is 0.792. The Bertz CT molecular complexity index is 92.4. The second-order valence-corrected chi connectivity index (χ2v) is 3.36. The van der Waals surface area contributed by atoms with Crippen LogP contribution in [-0.2, 0) is 4.79 Å². The summed E-state index contributed by atoms with van der Waals surface area (Å²) in [5.74, 6) is 0.0764. The SMILES string of the molecule is CC(=O)[C@@H](Br)[C@H](C)Cl. The summed E-state index contributed by atoms with van der Waals surface area (Å²) < 4.78 is 0. The van der Waals surface area contributed by atoms with Gasteiger partial charge in [-0.25, -0.2) is 0 Å². The highest BCUT2D eigenvalue weighted by atomic mass is 79.9. The Kier molecular flexibility index (Phi) is 3.65. The molecule has 1 nitrogen and oxygen atoms in total. The fourth-order valence-corrected chi connectivity index (χ4v) is 0.501. The van der Waals surface area contributed by atoms with Crippen LogP contribution in [0.25, 0.3) is 0 Å². The highest BCUT2D eigenvalue weighted by molar-refractivity contribution is 9.10. The van der Waals surface area contributed by atoms with E-state index < -0.39 is 0 Å². The number of ketones is 1. The molecule has 0 aromatic carbocycles. The molecule has 2 atom stereocenters. The first kappa shape index (κ1) is 8.44. The molecular formula is C5H8BrClO. The van der Waals surface area contributed by atoms with Gasteiger partial charge in [0.05, 0.1) is 10.2 Å². The van der Waals surface area contributed by atoms with Gasteiger partial charge in [-0.05, 0) is 13.8 Å². The summed E-state index contributed by atoms with van der Waals surface area (Å²) in [4.78, 5) is 10.3. The third kappa shape index (κ3) is 2.68. The molecule has 0 unspecified atom stereocenters. The van der Waals surface area contributed by atoms with Gasteiger partial charge in [0.2, 0.25) is 0 Å². The molecule has 8 heavy (non-hydrogen) atoms. The lowest BCUT2D eigenvalue weighted by Crippen LogP contribution is -2.18. The van der Waals surface area contributed by atoms with Crippen molar-refractivity contribution in [3.05, 3.63) is 0 Å². The number of carbonyl (C=O) groups excluding carboxylic acids is 1. The van der Waals surface area contributed by atoms with Crippen LogP contribution < -0.4 is 0 Å². The average Bonchev–Trinajstić information content (AvgIpc) is 1.64. The molecule has 0 spiro atoms. The zero-order valence-electron chi connectivity index (χ0n) is 4.82. The quantitative estimate of drug-likeness (QED) is 0.622. The first-order valence-corrected chi connectivity index (χ1v) is 3.69. The Morgan fingerprint density at radius 1 is 1.75 bits per heavy atom. The lowest BCUT2D eigenvalue weighted by molar-refractivity contribution is -0.116. The molecule has 0 amide bonds.